The van der Waals surface area contributed by atoms with Crippen LogP contribution in [-0.2, 0) is 0 Å². The van der Waals surface area contributed by atoms with Crippen molar-refractivity contribution in [1.82, 2.24) is 19.7 Å². The van der Waals surface area contributed by atoms with Gasteiger partial charge in [-0.1, -0.05) is 0 Å². The Morgan fingerprint density at radius 1 is 1.69 bits per heavy atom. The number of fused-ring (bicyclic) bond motifs is 1. The summed E-state index contributed by atoms with van der Waals surface area (Å²) in [6.07, 6.45) is 2.52. The minimum Gasteiger partial charge on any atom is -0.312 e. The summed E-state index contributed by atoms with van der Waals surface area (Å²) in [5.74, 6) is 0. The van der Waals surface area contributed by atoms with Gasteiger partial charge in [0.15, 0.2) is 5.65 Å². The smallest absolute Gasteiger partial charge is 0.261 e. The number of aromatic nitrogens is 4. The highest BCUT2D eigenvalue weighted by atomic mass is 16.1. The lowest BCUT2D eigenvalue weighted by Crippen LogP contribution is -2.17. The molecule has 6 nitrogen and oxygen atoms in total. The van der Waals surface area contributed by atoms with Gasteiger partial charge >= 0.3 is 0 Å². The van der Waals surface area contributed by atoms with Gasteiger partial charge < -0.3 is 10.7 Å². The molecule has 0 aliphatic carbocycles. The Morgan fingerprint density at radius 3 is 3.15 bits per heavy atom. The van der Waals surface area contributed by atoms with Crippen LogP contribution in [0.25, 0.3) is 11.0 Å². The number of H-pyrrole nitrogens is 1. The quantitative estimate of drug-likeness (QED) is 0.623. The predicted octanol–water partition coefficient (Wildman–Crippen LogP) is -0.403. The Kier molecular flexibility index (Phi) is 1.63. The summed E-state index contributed by atoms with van der Waals surface area (Å²) in [7, 11) is 0. The zero-order valence-electron chi connectivity index (χ0n) is 7.06. The van der Waals surface area contributed by atoms with E-state index in [0.29, 0.717) is 11.0 Å². The first-order chi connectivity index (χ1) is 6.20. The lowest BCUT2D eigenvalue weighted by Gasteiger charge is -2.04. The average molecular weight is 179 g/mol. The van der Waals surface area contributed by atoms with E-state index in [1.54, 1.807) is 6.92 Å². The number of hydrogen-bond acceptors (Lipinski definition) is 4. The first-order valence-electron chi connectivity index (χ1n) is 3.86. The van der Waals surface area contributed by atoms with Gasteiger partial charge in [-0.25, -0.2) is 9.67 Å². The summed E-state index contributed by atoms with van der Waals surface area (Å²) in [5.41, 5.74) is 5.94. The molecule has 0 radical (unpaired) electrons. The Labute approximate surface area is 73.4 Å². The molecule has 0 aliphatic rings. The highest BCUT2D eigenvalue weighted by Gasteiger charge is 2.08. The van der Waals surface area contributed by atoms with Crippen molar-refractivity contribution < 1.29 is 0 Å². The standard InChI is InChI=1S/C7H9N5O/c1-4(8)12-6-5(2-11-12)7(13)10-3-9-6/h2-4H,8H2,1H3,(H,9,10,13). The molecule has 6 heteroatoms. The first kappa shape index (κ1) is 7.93. The van der Waals surface area contributed by atoms with Gasteiger partial charge in [0.1, 0.15) is 5.39 Å². The van der Waals surface area contributed by atoms with Crippen LogP contribution in [0.5, 0.6) is 0 Å². The van der Waals surface area contributed by atoms with Crippen LogP contribution < -0.4 is 11.3 Å². The fraction of sp³-hybridized carbons (Fsp3) is 0.286. The molecule has 2 heterocycles. The lowest BCUT2D eigenvalue weighted by atomic mass is 10.4. The van der Waals surface area contributed by atoms with E-state index in [2.05, 4.69) is 15.1 Å². The van der Waals surface area contributed by atoms with Crippen molar-refractivity contribution in [2.24, 2.45) is 5.73 Å². The summed E-state index contributed by atoms with van der Waals surface area (Å²) >= 11 is 0. The van der Waals surface area contributed by atoms with E-state index >= 15 is 0 Å². The summed E-state index contributed by atoms with van der Waals surface area (Å²) in [6.45, 7) is 1.77. The molecule has 2 aromatic heterocycles. The van der Waals surface area contributed by atoms with Crippen molar-refractivity contribution in [3.8, 4) is 0 Å². The van der Waals surface area contributed by atoms with Crippen molar-refractivity contribution in [1.29, 1.82) is 0 Å². The van der Waals surface area contributed by atoms with Gasteiger partial charge in [0.2, 0.25) is 0 Å². The second-order valence-electron chi connectivity index (χ2n) is 2.80. The molecule has 2 rings (SSSR count). The average Bonchev–Trinajstić information content (AvgIpc) is 2.48. The van der Waals surface area contributed by atoms with Crippen molar-refractivity contribution >= 4 is 11.0 Å². The van der Waals surface area contributed by atoms with Gasteiger partial charge in [0.25, 0.3) is 5.56 Å². The number of hydrogen-bond donors (Lipinski definition) is 2. The SMILES string of the molecule is CC(N)n1ncc2c(=O)[nH]cnc21. The molecule has 68 valence electrons. The van der Waals surface area contributed by atoms with Crippen LogP contribution >= 0.6 is 0 Å². The minimum absolute atomic E-state index is 0.197. The summed E-state index contributed by atoms with van der Waals surface area (Å²) in [4.78, 5) is 17.7. The maximum absolute atomic E-state index is 11.2. The monoisotopic (exact) mass is 179 g/mol. The molecule has 0 aliphatic heterocycles. The van der Waals surface area contributed by atoms with E-state index in [4.69, 9.17) is 5.73 Å². The molecule has 2 aromatic rings. The number of nitrogens with one attached hydrogen (secondary N) is 1. The van der Waals surface area contributed by atoms with E-state index in [1.807, 2.05) is 0 Å². The summed E-state index contributed by atoms with van der Waals surface area (Å²) in [6, 6.07) is 0. The molecule has 0 saturated carbocycles. The fourth-order valence-electron chi connectivity index (χ4n) is 1.17. The van der Waals surface area contributed by atoms with Gasteiger partial charge in [0.05, 0.1) is 18.7 Å². The van der Waals surface area contributed by atoms with Crippen molar-refractivity contribution in [2.45, 2.75) is 13.1 Å². The molecule has 0 spiro atoms. The van der Waals surface area contributed by atoms with Crippen LogP contribution in [0.3, 0.4) is 0 Å². The molecule has 1 atom stereocenters. The van der Waals surface area contributed by atoms with Crippen LogP contribution in [0.4, 0.5) is 0 Å². The summed E-state index contributed by atoms with van der Waals surface area (Å²) in [5, 5.41) is 4.42. The lowest BCUT2D eigenvalue weighted by molar-refractivity contribution is 0.522. The van der Waals surface area contributed by atoms with Crippen LogP contribution in [0.2, 0.25) is 0 Å². The minimum atomic E-state index is -0.285. The Morgan fingerprint density at radius 2 is 2.46 bits per heavy atom. The van der Waals surface area contributed by atoms with Crippen LogP contribution in [0, 0.1) is 0 Å². The molecule has 0 fully saturated rings. The zero-order chi connectivity index (χ0) is 9.42. The molecule has 0 saturated heterocycles. The normalized spacial score (nSPS) is 13.4. The van der Waals surface area contributed by atoms with Crippen molar-refractivity contribution in [3.63, 3.8) is 0 Å². The number of rotatable bonds is 1. The largest absolute Gasteiger partial charge is 0.312 e. The van der Waals surface area contributed by atoms with Crippen molar-refractivity contribution in [3.05, 3.63) is 22.9 Å². The first-order valence-corrected chi connectivity index (χ1v) is 3.86. The molecule has 13 heavy (non-hydrogen) atoms. The second kappa shape index (κ2) is 2.67. The van der Waals surface area contributed by atoms with Gasteiger partial charge in [-0.3, -0.25) is 4.79 Å². The predicted molar refractivity (Wildman–Crippen MR) is 47.0 cm³/mol. The van der Waals surface area contributed by atoms with Gasteiger partial charge in [0, 0.05) is 0 Å². The highest BCUT2D eigenvalue weighted by Crippen LogP contribution is 2.07. The van der Waals surface area contributed by atoms with Gasteiger partial charge in [-0.2, -0.15) is 5.10 Å². The van der Waals surface area contributed by atoms with E-state index < -0.39 is 0 Å². The third-order valence-corrected chi connectivity index (χ3v) is 1.78. The van der Waals surface area contributed by atoms with E-state index in [-0.39, 0.29) is 11.7 Å². The van der Waals surface area contributed by atoms with Crippen LogP contribution in [-0.4, -0.2) is 19.7 Å². The Bertz CT molecular complexity index is 483. The topological polar surface area (TPSA) is 89.6 Å². The number of nitrogens with zero attached hydrogens (tertiary/aromatic N) is 3. The van der Waals surface area contributed by atoms with Crippen LogP contribution in [0.1, 0.15) is 13.1 Å². The third kappa shape index (κ3) is 1.11. The number of aromatic amines is 1. The maximum Gasteiger partial charge on any atom is 0.261 e. The van der Waals surface area contributed by atoms with Gasteiger partial charge in [-0.15, -0.1) is 0 Å². The molecular formula is C7H9N5O. The zero-order valence-corrected chi connectivity index (χ0v) is 7.06. The van der Waals surface area contributed by atoms with Crippen molar-refractivity contribution in [2.75, 3.05) is 0 Å². The van der Waals surface area contributed by atoms with E-state index in [9.17, 15) is 4.79 Å². The number of nitrogens with two attached hydrogens (primary N) is 1. The van der Waals surface area contributed by atoms with Crippen LogP contribution in [0.15, 0.2) is 17.3 Å². The molecular weight excluding hydrogens is 170 g/mol. The molecule has 0 bridgehead atoms. The molecule has 3 N–H and O–H groups in total. The van der Waals surface area contributed by atoms with Gasteiger partial charge in [-0.05, 0) is 6.92 Å². The Balaban J connectivity index is 2.83. The Hall–Kier alpha value is -1.69. The van der Waals surface area contributed by atoms with E-state index in [1.165, 1.54) is 17.2 Å². The molecule has 1 unspecified atom stereocenters. The highest BCUT2D eigenvalue weighted by molar-refractivity contribution is 5.72. The third-order valence-electron chi connectivity index (χ3n) is 1.78. The molecule has 0 amide bonds. The maximum atomic E-state index is 11.2. The van der Waals surface area contributed by atoms with E-state index in [0.717, 1.165) is 0 Å². The molecule has 0 aromatic carbocycles. The summed E-state index contributed by atoms with van der Waals surface area (Å²) < 4.78 is 1.50. The fourth-order valence-corrected chi connectivity index (χ4v) is 1.17. The second-order valence-corrected chi connectivity index (χ2v) is 2.80.